The molecule has 1 aliphatic heterocycles. The fourth-order valence-electron chi connectivity index (χ4n) is 2.78. The molecule has 6 nitrogen and oxygen atoms in total. The zero-order valence-corrected chi connectivity index (χ0v) is 15.0. The summed E-state index contributed by atoms with van der Waals surface area (Å²) in [6, 6.07) is 11.1. The first kappa shape index (κ1) is 18.8. The van der Waals surface area contributed by atoms with Gasteiger partial charge in [-0.3, -0.25) is 4.79 Å². The molecule has 140 valence electrons. The summed E-state index contributed by atoms with van der Waals surface area (Å²) in [4.78, 5) is 28.6. The van der Waals surface area contributed by atoms with Crippen LogP contribution >= 0.6 is 11.6 Å². The second-order valence-electron chi connectivity index (χ2n) is 6.06. The van der Waals surface area contributed by atoms with E-state index in [9.17, 15) is 14.0 Å². The lowest BCUT2D eigenvalue weighted by Gasteiger charge is -2.26. The van der Waals surface area contributed by atoms with Crippen LogP contribution in [0, 0.1) is 0 Å². The minimum atomic E-state index is -1.00. The van der Waals surface area contributed by atoms with E-state index >= 15 is 0 Å². The van der Waals surface area contributed by atoms with Gasteiger partial charge in [0, 0.05) is 23.7 Å². The zero-order valence-electron chi connectivity index (χ0n) is 14.3. The lowest BCUT2D eigenvalue weighted by atomic mass is 10.0. The van der Waals surface area contributed by atoms with Crippen molar-refractivity contribution in [2.75, 3.05) is 18.4 Å². The molecular formula is C19H17ClFN3O3. The number of aromatic nitrogens is 1. The van der Waals surface area contributed by atoms with Crippen LogP contribution in [0.4, 0.5) is 15.0 Å². The number of nitrogens with zero attached hydrogens (tertiary/aromatic N) is 2. The number of nitrogens with one attached hydrogen (secondary N) is 1. The number of carbonyl (C=O) groups excluding carboxylic acids is 1. The van der Waals surface area contributed by atoms with Crippen LogP contribution in [0.25, 0.3) is 5.83 Å². The third-order valence-electron chi connectivity index (χ3n) is 4.27. The van der Waals surface area contributed by atoms with Crippen molar-refractivity contribution in [2.45, 2.75) is 12.8 Å². The maximum atomic E-state index is 14.8. The van der Waals surface area contributed by atoms with Crippen molar-refractivity contribution in [1.82, 2.24) is 9.88 Å². The maximum Gasteiger partial charge on any atom is 0.407 e. The van der Waals surface area contributed by atoms with Crippen LogP contribution in [0.5, 0.6) is 0 Å². The molecule has 0 bridgehead atoms. The number of hydrogen-bond acceptors (Lipinski definition) is 3. The maximum absolute atomic E-state index is 14.8. The summed E-state index contributed by atoms with van der Waals surface area (Å²) >= 11 is 5.81. The van der Waals surface area contributed by atoms with Gasteiger partial charge in [0.25, 0.3) is 5.91 Å². The third kappa shape index (κ3) is 4.62. The van der Waals surface area contributed by atoms with Crippen molar-refractivity contribution in [1.29, 1.82) is 0 Å². The molecule has 1 saturated heterocycles. The molecule has 8 heteroatoms. The molecule has 1 aromatic carbocycles. The molecule has 1 aliphatic rings. The van der Waals surface area contributed by atoms with Crippen molar-refractivity contribution in [2.24, 2.45) is 0 Å². The Morgan fingerprint density at radius 2 is 1.78 bits per heavy atom. The molecule has 0 atom stereocenters. The van der Waals surface area contributed by atoms with Gasteiger partial charge in [-0.15, -0.1) is 0 Å². The number of amides is 2. The Morgan fingerprint density at radius 1 is 1.11 bits per heavy atom. The first-order valence-corrected chi connectivity index (χ1v) is 8.71. The van der Waals surface area contributed by atoms with Gasteiger partial charge in [-0.05, 0) is 54.8 Å². The van der Waals surface area contributed by atoms with Crippen molar-refractivity contribution >= 4 is 35.2 Å². The normalized spacial score (nSPS) is 14.0. The van der Waals surface area contributed by atoms with Crippen molar-refractivity contribution in [3.8, 4) is 0 Å². The first-order chi connectivity index (χ1) is 12.9. The molecule has 0 saturated carbocycles. The van der Waals surface area contributed by atoms with Gasteiger partial charge in [0.15, 0.2) is 0 Å². The molecule has 0 radical (unpaired) electrons. The average molecular weight is 390 g/mol. The highest BCUT2D eigenvalue weighted by Gasteiger charge is 2.21. The highest BCUT2D eigenvalue weighted by Crippen LogP contribution is 2.27. The van der Waals surface area contributed by atoms with Crippen LogP contribution in [0.2, 0.25) is 5.02 Å². The van der Waals surface area contributed by atoms with Crippen LogP contribution in [0.15, 0.2) is 48.0 Å². The van der Waals surface area contributed by atoms with Gasteiger partial charge < -0.3 is 15.3 Å². The quantitative estimate of drug-likeness (QED) is 0.812. The summed E-state index contributed by atoms with van der Waals surface area (Å²) in [5, 5.41) is 12.1. The molecule has 2 N–H and O–H groups in total. The number of carboxylic acid groups (broad SMARTS) is 1. The van der Waals surface area contributed by atoms with Gasteiger partial charge in [0.05, 0.1) is 0 Å². The molecule has 27 heavy (non-hydrogen) atoms. The van der Waals surface area contributed by atoms with Gasteiger partial charge in [-0.1, -0.05) is 17.7 Å². The van der Waals surface area contributed by atoms with E-state index in [-0.39, 0.29) is 30.5 Å². The number of halogens is 2. The third-order valence-corrected chi connectivity index (χ3v) is 4.52. The van der Waals surface area contributed by atoms with Crippen LogP contribution in [-0.2, 0) is 0 Å². The van der Waals surface area contributed by atoms with Crippen molar-refractivity contribution < 1.29 is 19.1 Å². The molecule has 0 spiro atoms. The number of piperidine rings is 1. The second kappa shape index (κ2) is 8.18. The van der Waals surface area contributed by atoms with Crippen molar-refractivity contribution in [3.05, 3.63) is 64.3 Å². The second-order valence-corrected chi connectivity index (χ2v) is 6.49. The number of likely N-dealkylation sites (tertiary alicyclic amines) is 1. The van der Waals surface area contributed by atoms with Gasteiger partial charge in [0.2, 0.25) is 0 Å². The summed E-state index contributed by atoms with van der Waals surface area (Å²) in [6.45, 7) is 0.510. The Morgan fingerprint density at radius 3 is 2.41 bits per heavy atom. The van der Waals surface area contributed by atoms with E-state index in [0.717, 1.165) is 0 Å². The standard InChI is InChI=1S/C19H17ClFN3O3/c20-14-6-4-13(5-7-14)18(25)23-16-3-1-2-15(22-16)17(21)12-8-10-24(11-9-12)19(26)27/h1-7H,8-11H2,(H,26,27)(H,22,23,25). The lowest BCUT2D eigenvalue weighted by molar-refractivity contribution is 0.102. The fraction of sp³-hybridized carbons (Fsp3) is 0.211. The monoisotopic (exact) mass is 389 g/mol. The predicted molar refractivity (Wildman–Crippen MR) is 101 cm³/mol. The number of pyridine rings is 1. The minimum absolute atomic E-state index is 0.114. The van der Waals surface area contributed by atoms with E-state index in [1.54, 1.807) is 36.4 Å². The van der Waals surface area contributed by atoms with E-state index in [4.69, 9.17) is 16.7 Å². The Kier molecular flexibility index (Phi) is 5.71. The number of benzene rings is 1. The van der Waals surface area contributed by atoms with Crippen LogP contribution in [0.1, 0.15) is 28.9 Å². The van der Waals surface area contributed by atoms with E-state index in [2.05, 4.69) is 10.3 Å². The number of rotatable bonds is 3. The van der Waals surface area contributed by atoms with Gasteiger partial charge in [0.1, 0.15) is 17.3 Å². The van der Waals surface area contributed by atoms with Crippen molar-refractivity contribution in [3.63, 3.8) is 0 Å². The molecule has 3 rings (SSSR count). The summed E-state index contributed by atoms with van der Waals surface area (Å²) in [6.07, 6.45) is -0.359. The largest absolute Gasteiger partial charge is 0.465 e. The first-order valence-electron chi connectivity index (χ1n) is 8.34. The predicted octanol–water partition coefficient (Wildman–Crippen LogP) is 4.44. The summed E-state index contributed by atoms with van der Waals surface area (Å²) in [5.41, 5.74) is 1.05. The summed E-state index contributed by atoms with van der Waals surface area (Å²) in [5.74, 6) is -0.618. The average Bonchev–Trinajstić information content (AvgIpc) is 2.68. The highest BCUT2D eigenvalue weighted by molar-refractivity contribution is 6.30. The fourth-order valence-corrected chi connectivity index (χ4v) is 2.91. The topological polar surface area (TPSA) is 82.5 Å². The SMILES string of the molecule is O=C(Nc1cccc(C(F)=C2CCN(C(=O)O)CC2)n1)c1ccc(Cl)cc1. The van der Waals surface area contributed by atoms with E-state index < -0.39 is 11.9 Å². The highest BCUT2D eigenvalue weighted by atomic mass is 35.5. The van der Waals surface area contributed by atoms with E-state index in [1.165, 1.54) is 11.0 Å². The molecule has 1 aromatic heterocycles. The Balaban J connectivity index is 1.73. The van der Waals surface area contributed by atoms with Crippen LogP contribution in [-0.4, -0.2) is 40.1 Å². The number of anilines is 1. The summed E-state index contributed by atoms with van der Waals surface area (Å²) in [7, 11) is 0. The Hall–Kier alpha value is -2.93. The molecule has 2 amide bonds. The molecule has 2 aromatic rings. The van der Waals surface area contributed by atoms with E-state index in [0.29, 0.717) is 29.0 Å². The Labute approximate surface area is 160 Å². The van der Waals surface area contributed by atoms with Gasteiger partial charge >= 0.3 is 6.09 Å². The lowest BCUT2D eigenvalue weighted by Crippen LogP contribution is -2.35. The van der Waals surface area contributed by atoms with Crippen LogP contribution in [0.3, 0.4) is 0 Å². The molecular weight excluding hydrogens is 373 g/mol. The molecule has 2 heterocycles. The van der Waals surface area contributed by atoms with Gasteiger partial charge in [-0.25, -0.2) is 14.2 Å². The summed E-state index contributed by atoms with van der Waals surface area (Å²) < 4.78 is 14.8. The van der Waals surface area contributed by atoms with Crippen LogP contribution < -0.4 is 5.32 Å². The van der Waals surface area contributed by atoms with E-state index in [1.807, 2.05) is 0 Å². The zero-order chi connectivity index (χ0) is 19.4. The smallest absolute Gasteiger partial charge is 0.407 e. The van der Waals surface area contributed by atoms with Gasteiger partial charge in [-0.2, -0.15) is 0 Å². The molecule has 0 aliphatic carbocycles. The minimum Gasteiger partial charge on any atom is -0.465 e. The number of carbonyl (C=O) groups is 2. The molecule has 0 unspecified atom stereocenters. The Bertz CT molecular complexity index is 889. The number of hydrogen-bond donors (Lipinski definition) is 2. The molecule has 1 fully saturated rings.